The van der Waals surface area contributed by atoms with E-state index in [0.29, 0.717) is 18.5 Å². The SMILES string of the molecule is CC(C)N1CCC(N(C)C(=O)CC(C)(C)N)CC1. The predicted octanol–water partition coefficient (Wildman–Crippen LogP) is 1.45. The van der Waals surface area contributed by atoms with Gasteiger partial charge in [-0.15, -0.1) is 0 Å². The largest absolute Gasteiger partial charge is 0.343 e. The Balaban J connectivity index is 2.45. The molecule has 18 heavy (non-hydrogen) atoms. The third-order valence-electron chi connectivity index (χ3n) is 3.78. The molecule has 1 fully saturated rings. The number of nitrogens with zero attached hydrogens (tertiary/aromatic N) is 2. The van der Waals surface area contributed by atoms with Crippen molar-refractivity contribution in [2.24, 2.45) is 5.73 Å². The molecule has 1 rings (SSSR count). The van der Waals surface area contributed by atoms with Crippen LogP contribution in [-0.2, 0) is 4.79 Å². The number of likely N-dealkylation sites (tertiary alicyclic amines) is 1. The molecule has 0 atom stereocenters. The first-order chi connectivity index (χ1) is 8.20. The summed E-state index contributed by atoms with van der Waals surface area (Å²) in [5.74, 6) is 0.172. The monoisotopic (exact) mass is 255 g/mol. The first kappa shape index (κ1) is 15.4. The van der Waals surface area contributed by atoms with Crippen molar-refractivity contribution in [3.63, 3.8) is 0 Å². The van der Waals surface area contributed by atoms with E-state index in [1.54, 1.807) is 0 Å². The highest BCUT2D eigenvalue weighted by Gasteiger charge is 2.28. The smallest absolute Gasteiger partial charge is 0.224 e. The van der Waals surface area contributed by atoms with Crippen molar-refractivity contribution in [2.75, 3.05) is 20.1 Å². The van der Waals surface area contributed by atoms with Crippen molar-refractivity contribution < 1.29 is 4.79 Å². The Kier molecular flexibility index (Phi) is 5.17. The lowest BCUT2D eigenvalue weighted by atomic mass is 9.98. The van der Waals surface area contributed by atoms with Gasteiger partial charge < -0.3 is 15.5 Å². The maximum Gasteiger partial charge on any atom is 0.224 e. The molecule has 0 saturated carbocycles. The number of rotatable bonds is 4. The molecule has 4 nitrogen and oxygen atoms in total. The standard InChI is InChI=1S/C14H29N3O/c1-11(2)17-8-6-12(7-9-17)16(5)13(18)10-14(3,4)15/h11-12H,6-10,15H2,1-5H3. The third kappa shape index (κ3) is 4.58. The van der Waals surface area contributed by atoms with E-state index in [0.717, 1.165) is 25.9 Å². The van der Waals surface area contributed by atoms with Gasteiger partial charge in [0.1, 0.15) is 0 Å². The fourth-order valence-electron chi connectivity index (χ4n) is 2.51. The Morgan fingerprint density at radius 3 is 2.28 bits per heavy atom. The number of carbonyl (C=O) groups is 1. The average Bonchev–Trinajstić information content (AvgIpc) is 2.26. The van der Waals surface area contributed by atoms with Crippen LogP contribution in [0.2, 0.25) is 0 Å². The molecule has 4 heteroatoms. The molecule has 106 valence electrons. The van der Waals surface area contributed by atoms with Gasteiger partial charge in [0.2, 0.25) is 5.91 Å². The van der Waals surface area contributed by atoms with Crippen LogP contribution >= 0.6 is 0 Å². The number of amides is 1. The molecule has 0 aromatic heterocycles. The van der Waals surface area contributed by atoms with Gasteiger partial charge in [-0.1, -0.05) is 0 Å². The highest BCUT2D eigenvalue weighted by atomic mass is 16.2. The topological polar surface area (TPSA) is 49.6 Å². The minimum absolute atomic E-state index is 0.172. The van der Waals surface area contributed by atoms with Gasteiger partial charge in [-0.25, -0.2) is 0 Å². The van der Waals surface area contributed by atoms with Gasteiger partial charge in [0, 0.05) is 44.2 Å². The summed E-state index contributed by atoms with van der Waals surface area (Å²) in [6.45, 7) is 10.4. The lowest BCUT2D eigenvalue weighted by Gasteiger charge is -2.39. The zero-order chi connectivity index (χ0) is 13.9. The van der Waals surface area contributed by atoms with Crippen LogP contribution < -0.4 is 5.73 Å². The maximum atomic E-state index is 12.1. The van der Waals surface area contributed by atoms with Gasteiger partial charge >= 0.3 is 0 Å². The Labute approximate surface area is 111 Å². The van der Waals surface area contributed by atoms with E-state index in [2.05, 4.69) is 18.7 Å². The number of nitrogens with two attached hydrogens (primary N) is 1. The highest BCUT2D eigenvalue weighted by molar-refractivity contribution is 5.77. The molecule has 0 spiro atoms. The van der Waals surface area contributed by atoms with E-state index in [1.807, 2.05) is 25.8 Å². The molecule has 0 aromatic rings. The summed E-state index contributed by atoms with van der Waals surface area (Å²) >= 11 is 0. The number of carbonyl (C=O) groups excluding carboxylic acids is 1. The van der Waals surface area contributed by atoms with Crippen LogP contribution in [0, 0.1) is 0 Å². The van der Waals surface area contributed by atoms with E-state index in [4.69, 9.17) is 5.73 Å². The second-order valence-corrected chi connectivity index (χ2v) is 6.53. The lowest BCUT2D eigenvalue weighted by Crippen LogP contribution is -2.49. The molecule has 0 unspecified atom stereocenters. The van der Waals surface area contributed by atoms with Crippen molar-refractivity contribution in [2.45, 2.75) is 64.6 Å². The zero-order valence-electron chi connectivity index (χ0n) is 12.6. The minimum Gasteiger partial charge on any atom is -0.343 e. The van der Waals surface area contributed by atoms with E-state index in [1.165, 1.54) is 0 Å². The van der Waals surface area contributed by atoms with Gasteiger partial charge in [-0.05, 0) is 40.5 Å². The van der Waals surface area contributed by atoms with Gasteiger partial charge in [0.25, 0.3) is 0 Å². The third-order valence-corrected chi connectivity index (χ3v) is 3.78. The van der Waals surface area contributed by atoms with Crippen LogP contribution in [0.15, 0.2) is 0 Å². The van der Waals surface area contributed by atoms with Crippen LogP contribution in [0.5, 0.6) is 0 Å². The second kappa shape index (κ2) is 6.02. The van der Waals surface area contributed by atoms with Crippen molar-refractivity contribution in [3.8, 4) is 0 Å². The molecular weight excluding hydrogens is 226 g/mol. The second-order valence-electron chi connectivity index (χ2n) is 6.53. The number of piperidine rings is 1. The summed E-state index contributed by atoms with van der Waals surface area (Å²) in [7, 11) is 1.92. The number of hydrogen-bond donors (Lipinski definition) is 1. The Bertz CT molecular complexity index is 275. The van der Waals surface area contributed by atoms with Crippen molar-refractivity contribution in [1.82, 2.24) is 9.80 Å². The summed E-state index contributed by atoms with van der Waals surface area (Å²) in [4.78, 5) is 16.5. The van der Waals surface area contributed by atoms with Crippen LogP contribution in [0.25, 0.3) is 0 Å². The Morgan fingerprint density at radius 2 is 1.89 bits per heavy atom. The maximum absolute atomic E-state index is 12.1. The molecule has 0 aromatic carbocycles. The first-order valence-electron chi connectivity index (χ1n) is 6.99. The number of hydrogen-bond acceptors (Lipinski definition) is 3. The summed E-state index contributed by atoms with van der Waals surface area (Å²) in [6, 6.07) is 0.991. The average molecular weight is 255 g/mol. The summed E-state index contributed by atoms with van der Waals surface area (Å²) in [5.41, 5.74) is 5.50. The van der Waals surface area contributed by atoms with Crippen LogP contribution in [0.4, 0.5) is 0 Å². The van der Waals surface area contributed by atoms with Gasteiger partial charge in [0.15, 0.2) is 0 Å². The molecule has 2 N–H and O–H groups in total. The molecule has 0 radical (unpaired) electrons. The van der Waals surface area contributed by atoms with E-state index in [-0.39, 0.29) is 5.91 Å². The van der Waals surface area contributed by atoms with Crippen molar-refractivity contribution in [3.05, 3.63) is 0 Å². The molecule has 1 heterocycles. The molecule has 1 saturated heterocycles. The normalized spacial score (nSPS) is 19.3. The fraction of sp³-hybridized carbons (Fsp3) is 0.929. The van der Waals surface area contributed by atoms with E-state index in [9.17, 15) is 4.79 Å². The van der Waals surface area contributed by atoms with E-state index < -0.39 is 5.54 Å². The van der Waals surface area contributed by atoms with Crippen molar-refractivity contribution in [1.29, 1.82) is 0 Å². The summed E-state index contributed by atoms with van der Waals surface area (Å²) in [6.07, 6.45) is 2.57. The van der Waals surface area contributed by atoms with E-state index >= 15 is 0 Å². The minimum atomic E-state index is -0.413. The lowest BCUT2D eigenvalue weighted by molar-refractivity contribution is -0.133. The summed E-state index contributed by atoms with van der Waals surface area (Å²) in [5, 5.41) is 0. The molecule has 0 bridgehead atoms. The van der Waals surface area contributed by atoms with Crippen molar-refractivity contribution >= 4 is 5.91 Å². The molecular formula is C14H29N3O. The van der Waals surface area contributed by atoms with Crippen LogP contribution in [-0.4, -0.2) is 53.5 Å². The van der Waals surface area contributed by atoms with Crippen LogP contribution in [0.3, 0.4) is 0 Å². The fourth-order valence-corrected chi connectivity index (χ4v) is 2.51. The van der Waals surface area contributed by atoms with Gasteiger partial charge in [0.05, 0.1) is 0 Å². The Hall–Kier alpha value is -0.610. The molecule has 0 aliphatic carbocycles. The van der Waals surface area contributed by atoms with Gasteiger partial charge in [-0.3, -0.25) is 4.79 Å². The molecule has 1 aliphatic rings. The van der Waals surface area contributed by atoms with Crippen LogP contribution in [0.1, 0.15) is 47.0 Å². The Morgan fingerprint density at radius 1 is 1.39 bits per heavy atom. The highest BCUT2D eigenvalue weighted by Crippen LogP contribution is 2.19. The quantitative estimate of drug-likeness (QED) is 0.827. The molecule has 1 amide bonds. The first-order valence-corrected chi connectivity index (χ1v) is 6.99. The molecule has 1 aliphatic heterocycles. The van der Waals surface area contributed by atoms with Gasteiger partial charge in [-0.2, -0.15) is 0 Å². The predicted molar refractivity (Wildman–Crippen MR) is 75.4 cm³/mol. The zero-order valence-corrected chi connectivity index (χ0v) is 12.6. The summed E-state index contributed by atoms with van der Waals surface area (Å²) < 4.78 is 0.